The van der Waals surface area contributed by atoms with Crippen LogP contribution in [0.4, 0.5) is 5.95 Å². The Morgan fingerprint density at radius 3 is 2.62 bits per heavy atom. The molecule has 0 aliphatic rings. The molecule has 0 amide bonds. The first-order chi connectivity index (χ1) is 7.67. The molecular formula is C11H22N4O. The van der Waals surface area contributed by atoms with Gasteiger partial charge < -0.3 is 15.2 Å². The van der Waals surface area contributed by atoms with Gasteiger partial charge in [-0.05, 0) is 38.8 Å². The minimum absolute atomic E-state index is 0.241. The van der Waals surface area contributed by atoms with Gasteiger partial charge in [0.05, 0.1) is 0 Å². The summed E-state index contributed by atoms with van der Waals surface area (Å²) in [6.07, 6.45) is 2.80. The van der Waals surface area contributed by atoms with Gasteiger partial charge in [0.15, 0.2) is 0 Å². The predicted octanol–water partition coefficient (Wildman–Crippen LogP) is 1.59. The van der Waals surface area contributed by atoms with E-state index >= 15 is 0 Å². The normalized spacial score (nSPS) is 12.8. The van der Waals surface area contributed by atoms with Gasteiger partial charge in [-0.25, -0.2) is 0 Å². The Morgan fingerprint density at radius 2 is 2.06 bits per heavy atom. The monoisotopic (exact) mass is 226 g/mol. The summed E-state index contributed by atoms with van der Waals surface area (Å²) in [4.78, 5) is 6.42. The summed E-state index contributed by atoms with van der Waals surface area (Å²) >= 11 is 0. The van der Waals surface area contributed by atoms with Crippen molar-refractivity contribution in [3.63, 3.8) is 0 Å². The standard InChI is InChI=1S/C11H22N4O/c1-4-15(5-2)11-13-10(16-14-11)8-6-7-9(3)12/h9H,4-8,12H2,1-3H3. The largest absolute Gasteiger partial charge is 0.339 e. The molecule has 0 saturated carbocycles. The lowest BCUT2D eigenvalue weighted by molar-refractivity contribution is 0.372. The lowest BCUT2D eigenvalue weighted by Crippen LogP contribution is -2.23. The smallest absolute Gasteiger partial charge is 0.266 e. The number of nitrogens with two attached hydrogens (primary N) is 1. The van der Waals surface area contributed by atoms with Gasteiger partial charge in [0.25, 0.3) is 5.95 Å². The van der Waals surface area contributed by atoms with E-state index in [1.807, 2.05) is 6.92 Å². The molecular weight excluding hydrogens is 204 g/mol. The third-order valence-corrected chi connectivity index (χ3v) is 2.55. The Labute approximate surface area is 97.0 Å². The molecule has 92 valence electrons. The fourth-order valence-electron chi connectivity index (χ4n) is 1.56. The van der Waals surface area contributed by atoms with Crippen LogP contribution >= 0.6 is 0 Å². The van der Waals surface area contributed by atoms with Crippen molar-refractivity contribution < 1.29 is 4.52 Å². The Hall–Kier alpha value is -1.10. The van der Waals surface area contributed by atoms with Crippen LogP contribution in [0.15, 0.2) is 4.52 Å². The van der Waals surface area contributed by atoms with Crippen LogP contribution in [0.5, 0.6) is 0 Å². The minimum Gasteiger partial charge on any atom is -0.339 e. The van der Waals surface area contributed by atoms with E-state index in [1.165, 1.54) is 0 Å². The molecule has 16 heavy (non-hydrogen) atoms. The predicted molar refractivity (Wildman–Crippen MR) is 64.4 cm³/mol. The number of aryl methyl sites for hydroxylation is 1. The van der Waals surface area contributed by atoms with Crippen molar-refractivity contribution in [2.45, 2.75) is 46.1 Å². The van der Waals surface area contributed by atoms with Crippen molar-refractivity contribution in [3.05, 3.63) is 5.89 Å². The van der Waals surface area contributed by atoms with Crippen LogP contribution in [0, 0.1) is 0 Å². The number of aromatic nitrogens is 2. The SMILES string of the molecule is CCN(CC)c1noc(CCCC(C)N)n1. The minimum atomic E-state index is 0.241. The molecule has 0 saturated heterocycles. The first kappa shape index (κ1) is 13.0. The summed E-state index contributed by atoms with van der Waals surface area (Å²) in [7, 11) is 0. The molecule has 0 spiro atoms. The van der Waals surface area contributed by atoms with Gasteiger partial charge in [-0.3, -0.25) is 0 Å². The first-order valence-electron chi connectivity index (χ1n) is 6.00. The van der Waals surface area contributed by atoms with Gasteiger partial charge in [-0.1, -0.05) is 0 Å². The summed E-state index contributed by atoms with van der Waals surface area (Å²) in [5.74, 6) is 1.41. The molecule has 0 bridgehead atoms. The fourth-order valence-corrected chi connectivity index (χ4v) is 1.56. The molecule has 0 aromatic carbocycles. The van der Waals surface area contributed by atoms with Crippen molar-refractivity contribution in [3.8, 4) is 0 Å². The van der Waals surface area contributed by atoms with Gasteiger partial charge in [0, 0.05) is 25.6 Å². The average Bonchev–Trinajstić information content (AvgIpc) is 2.68. The van der Waals surface area contributed by atoms with Gasteiger partial charge in [0.1, 0.15) is 0 Å². The second-order valence-electron chi connectivity index (χ2n) is 4.03. The van der Waals surface area contributed by atoms with Gasteiger partial charge in [-0.2, -0.15) is 4.98 Å². The van der Waals surface area contributed by atoms with Crippen molar-refractivity contribution >= 4 is 5.95 Å². The van der Waals surface area contributed by atoms with Crippen molar-refractivity contribution in [1.82, 2.24) is 10.1 Å². The second-order valence-corrected chi connectivity index (χ2v) is 4.03. The van der Waals surface area contributed by atoms with Crippen LogP contribution in [0.1, 0.15) is 39.5 Å². The van der Waals surface area contributed by atoms with E-state index in [2.05, 4.69) is 28.9 Å². The zero-order chi connectivity index (χ0) is 12.0. The van der Waals surface area contributed by atoms with E-state index in [-0.39, 0.29) is 6.04 Å². The summed E-state index contributed by atoms with van der Waals surface area (Å²) in [6, 6.07) is 0.241. The van der Waals surface area contributed by atoms with Crippen LogP contribution in [-0.4, -0.2) is 29.3 Å². The highest BCUT2D eigenvalue weighted by atomic mass is 16.5. The van der Waals surface area contributed by atoms with Crippen LogP contribution in [0.2, 0.25) is 0 Å². The quantitative estimate of drug-likeness (QED) is 0.764. The van der Waals surface area contributed by atoms with Gasteiger partial charge in [0.2, 0.25) is 5.89 Å². The Balaban J connectivity index is 2.44. The maximum absolute atomic E-state index is 5.68. The Bertz CT molecular complexity index is 294. The van der Waals surface area contributed by atoms with E-state index in [9.17, 15) is 0 Å². The van der Waals surface area contributed by atoms with Crippen molar-refractivity contribution in [1.29, 1.82) is 0 Å². The summed E-state index contributed by atoms with van der Waals surface area (Å²) in [6.45, 7) is 7.96. The molecule has 1 heterocycles. The lowest BCUT2D eigenvalue weighted by atomic mass is 10.1. The van der Waals surface area contributed by atoms with Crippen LogP contribution in [0.3, 0.4) is 0 Å². The zero-order valence-electron chi connectivity index (χ0n) is 10.4. The molecule has 0 fully saturated rings. The van der Waals surface area contributed by atoms with Gasteiger partial charge >= 0.3 is 0 Å². The maximum atomic E-state index is 5.68. The molecule has 5 nitrogen and oxygen atoms in total. The number of anilines is 1. The average molecular weight is 226 g/mol. The highest BCUT2D eigenvalue weighted by Crippen LogP contribution is 2.10. The van der Waals surface area contributed by atoms with Crippen molar-refractivity contribution in [2.75, 3.05) is 18.0 Å². The van der Waals surface area contributed by atoms with Crippen LogP contribution < -0.4 is 10.6 Å². The van der Waals surface area contributed by atoms with Crippen LogP contribution in [-0.2, 0) is 6.42 Å². The molecule has 0 aliphatic heterocycles. The molecule has 0 aliphatic carbocycles. The van der Waals surface area contributed by atoms with E-state index in [0.29, 0.717) is 11.8 Å². The molecule has 1 rings (SSSR count). The molecule has 1 atom stereocenters. The maximum Gasteiger partial charge on any atom is 0.266 e. The topological polar surface area (TPSA) is 68.2 Å². The number of nitrogens with zero attached hydrogens (tertiary/aromatic N) is 3. The molecule has 2 N–H and O–H groups in total. The lowest BCUT2D eigenvalue weighted by Gasteiger charge is -2.14. The Kier molecular flexibility index (Phi) is 5.25. The van der Waals surface area contributed by atoms with E-state index in [0.717, 1.165) is 32.4 Å². The molecule has 5 heteroatoms. The second kappa shape index (κ2) is 6.48. The van der Waals surface area contributed by atoms with Crippen molar-refractivity contribution in [2.24, 2.45) is 5.73 Å². The molecule has 1 aromatic rings. The third kappa shape index (κ3) is 3.81. The Morgan fingerprint density at radius 1 is 1.38 bits per heavy atom. The third-order valence-electron chi connectivity index (χ3n) is 2.55. The van der Waals surface area contributed by atoms with E-state index in [1.54, 1.807) is 0 Å². The number of hydrogen-bond acceptors (Lipinski definition) is 5. The first-order valence-corrected chi connectivity index (χ1v) is 6.00. The number of rotatable bonds is 7. The summed E-state index contributed by atoms with van der Waals surface area (Å²) < 4.78 is 5.19. The fraction of sp³-hybridized carbons (Fsp3) is 0.818. The molecule has 1 unspecified atom stereocenters. The van der Waals surface area contributed by atoms with E-state index < -0.39 is 0 Å². The number of hydrogen-bond donors (Lipinski definition) is 1. The highest BCUT2D eigenvalue weighted by molar-refractivity contribution is 5.26. The van der Waals surface area contributed by atoms with Gasteiger partial charge in [-0.15, -0.1) is 0 Å². The highest BCUT2D eigenvalue weighted by Gasteiger charge is 2.10. The van der Waals surface area contributed by atoms with Crippen LogP contribution in [0.25, 0.3) is 0 Å². The molecule has 0 radical (unpaired) electrons. The summed E-state index contributed by atoms with van der Waals surface area (Å²) in [5.41, 5.74) is 5.68. The van der Waals surface area contributed by atoms with E-state index in [4.69, 9.17) is 10.3 Å². The summed E-state index contributed by atoms with van der Waals surface area (Å²) in [5, 5.41) is 3.96. The molecule has 1 aromatic heterocycles. The zero-order valence-corrected chi connectivity index (χ0v) is 10.4.